The molecule has 21 heavy (non-hydrogen) atoms. The zero-order chi connectivity index (χ0) is 16.2. The zero-order valence-corrected chi connectivity index (χ0v) is 12.2. The first-order valence-corrected chi connectivity index (χ1v) is 7.15. The monoisotopic (exact) mass is 301 g/mol. The topological polar surface area (TPSA) is 150 Å². The van der Waals surface area contributed by atoms with Crippen molar-refractivity contribution in [1.82, 2.24) is 4.90 Å². The first kappa shape index (κ1) is 17.9. The number of nitrogens with two attached hydrogens (primary N) is 2. The fourth-order valence-electron chi connectivity index (χ4n) is 2.65. The molecule has 1 aliphatic rings. The highest BCUT2D eigenvalue weighted by atomic mass is 16.4. The summed E-state index contributed by atoms with van der Waals surface area (Å²) >= 11 is 0. The summed E-state index contributed by atoms with van der Waals surface area (Å²) in [6.07, 6.45) is 1.46. The van der Waals surface area contributed by atoms with Crippen LogP contribution in [0.15, 0.2) is 0 Å². The third-order valence-corrected chi connectivity index (χ3v) is 4.10. The number of carbonyl (C=O) groups excluding carboxylic acids is 1. The highest BCUT2D eigenvalue weighted by Gasteiger charge is 2.50. The van der Waals surface area contributed by atoms with Crippen LogP contribution in [0, 0.1) is 5.92 Å². The third kappa shape index (κ3) is 4.16. The van der Waals surface area contributed by atoms with E-state index in [1.165, 1.54) is 4.90 Å². The van der Waals surface area contributed by atoms with Gasteiger partial charge in [0, 0.05) is 19.0 Å². The molecule has 7 N–H and O–H groups in total. The van der Waals surface area contributed by atoms with Crippen LogP contribution in [0.3, 0.4) is 0 Å². The Morgan fingerprint density at radius 1 is 1.48 bits per heavy atom. The maximum absolute atomic E-state index is 12.1. The number of hydrogen-bond donors (Lipinski definition) is 5. The van der Waals surface area contributed by atoms with E-state index in [4.69, 9.17) is 21.5 Å². The van der Waals surface area contributed by atoms with Gasteiger partial charge in [0.25, 0.3) is 0 Å². The van der Waals surface area contributed by atoms with Crippen LogP contribution in [0.5, 0.6) is 0 Å². The lowest BCUT2D eigenvalue weighted by molar-refractivity contribution is -0.144. The van der Waals surface area contributed by atoms with E-state index in [1.54, 1.807) is 6.92 Å². The summed E-state index contributed by atoms with van der Waals surface area (Å²) in [6.45, 7) is 1.95. The van der Waals surface area contributed by atoms with E-state index in [-0.39, 0.29) is 25.3 Å². The summed E-state index contributed by atoms with van der Waals surface area (Å²) in [7, 11) is -1.42. The highest BCUT2D eigenvalue weighted by molar-refractivity contribution is 6.40. The molecule has 0 aromatic rings. The van der Waals surface area contributed by atoms with Gasteiger partial charge in [-0.15, -0.1) is 0 Å². The molecule has 0 aromatic heterocycles. The van der Waals surface area contributed by atoms with Crippen molar-refractivity contribution < 1.29 is 24.7 Å². The first-order chi connectivity index (χ1) is 9.72. The quantitative estimate of drug-likeness (QED) is 0.349. The molecule has 1 rings (SSSR count). The third-order valence-electron chi connectivity index (χ3n) is 4.10. The van der Waals surface area contributed by atoms with E-state index in [0.717, 1.165) is 0 Å². The van der Waals surface area contributed by atoms with Crippen molar-refractivity contribution in [2.75, 3.05) is 13.1 Å². The first-order valence-electron chi connectivity index (χ1n) is 7.15. The molecule has 9 heteroatoms. The Bertz CT molecular complexity index is 395. The van der Waals surface area contributed by atoms with Crippen molar-refractivity contribution in [2.45, 2.75) is 44.1 Å². The average molecular weight is 301 g/mol. The van der Waals surface area contributed by atoms with Crippen LogP contribution in [0.25, 0.3) is 0 Å². The number of hydrogen-bond acceptors (Lipinski definition) is 6. The zero-order valence-electron chi connectivity index (χ0n) is 12.2. The lowest BCUT2D eigenvalue weighted by Crippen LogP contribution is -2.55. The van der Waals surface area contributed by atoms with Crippen LogP contribution in [-0.2, 0) is 9.59 Å². The number of carbonyl (C=O) groups is 2. The summed E-state index contributed by atoms with van der Waals surface area (Å²) in [5.74, 6) is -1.88. The van der Waals surface area contributed by atoms with Gasteiger partial charge in [0.15, 0.2) is 0 Å². The van der Waals surface area contributed by atoms with Crippen molar-refractivity contribution >= 4 is 19.0 Å². The largest absolute Gasteiger partial charge is 0.480 e. The van der Waals surface area contributed by atoms with Crippen molar-refractivity contribution in [3.05, 3.63) is 0 Å². The van der Waals surface area contributed by atoms with Gasteiger partial charge < -0.3 is 31.5 Å². The van der Waals surface area contributed by atoms with Gasteiger partial charge in [0.1, 0.15) is 5.54 Å². The number of amides is 1. The van der Waals surface area contributed by atoms with Gasteiger partial charge in [0.05, 0.1) is 6.04 Å². The molecule has 0 radical (unpaired) electrons. The molecule has 8 nitrogen and oxygen atoms in total. The van der Waals surface area contributed by atoms with Crippen LogP contribution in [0.2, 0.25) is 6.32 Å². The Balaban J connectivity index is 2.76. The second-order valence-corrected chi connectivity index (χ2v) is 5.69. The fourth-order valence-corrected chi connectivity index (χ4v) is 2.65. The molecule has 1 fully saturated rings. The number of carboxylic acids is 1. The van der Waals surface area contributed by atoms with Crippen molar-refractivity contribution in [2.24, 2.45) is 17.4 Å². The van der Waals surface area contributed by atoms with Gasteiger partial charge >= 0.3 is 13.1 Å². The van der Waals surface area contributed by atoms with E-state index in [1.807, 2.05) is 0 Å². The number of nitrogens with zero attached hydrogens (tertiary/aromatic N) is 1. The summed E-state index contributed by atoms with van der Waals surface area (Å²) < 4.78 is 0. The fraction of sp³-hybridized carbons (Fsp3) is 0.833. The minimum Gasteiger partial charge on any atom is -0.480 e. The van der Waals surface area contributed by atoms with Gasteiger partial charge in [-0.05, 0) is 19.2 Å². The Morgan fingerprint density at radius 2 is 2.10 bits per heavy atom. The molecule has 120 valence electrons. The van der Waals surface area contributed by atoms with E-state index in [0.29, 0.717) is 19.3 Å². The maximum atomic E-state index is 12.1. The van der Waals surface area contributed by atoms with E-state index >= 15 is 0 Å². The smallest absolute Gasteiger partial charge is 0.451 e. The van der Waals surface area contributed by atoms with Crippen LogP contribution in [0.4, 0.5) is 0 Å². The van der Waals surface area contributed by atoms with Crippen LogP contribution in [0.1, 0.15) is 26.2 Å². The van der Waals surface area contributed by atoms with E-state index in [9.17, 15) is 14.7 Å². The molecule has 3 atom stereocenters. The molecule has 1 amide bonds. The number of carboxylic acid groups (broad SMARTS) is 1. The summed E-state index contributed by atoms with van der Waals surface area (Å²) in [4.78, 5) is 24.9. The Kier molecular flexibility index (Phi) is 6.15. The second-order valence-electron chi connectivity index (χ2n) is 5.69. The molecule has 0 aromatic carbocycles. The Labute approximate surface area is 124 Å². The lowest BCUT2D eigenvalue weighted by atomic mass is 9.78. The molecule has 1 saturated heterocycles. The highest BCUT2D eigenvalue weighted by Crippen LogP contribution is 2.30. The van der Waals surface area contributed by atoms with Gasteiger partial charge in [-0.1, -0.05) is 13.3 Å². The van der Waals surface area contributed by atoms with E-state index in [2.05, 4.69) is 0 Å². The maximum Gasteiger partial charge on any atom is 0.451 e. The molecule has 1 aliphatic heterocycles. The van der Waals surface area contributed by atoms with Crippen molar-refractivity contribution in [3.8, 4) is 0 Å². The van der Waals surface area contributed by atoms with Crippen LogP contribution < -0.4 is 11.5 Å². The van der Waals surface area contributed by atoms with Gasteiger partial charge in [-0.3, -0.25) is 9.59 Å². The standard InChI is InChI=1S/C12H24BN3O5/c1-2-9(14)10(17)16-6-8(4-3-5-13(20)21)12(15,7-16)11(18)19/h8-9,20-21H,2-7,14-15H2,1H3,(H,18,19)/t8-,9?,12-/m0/s1. The normalized spacial score (nSPS) is 26.7. The molecule has 0 saturated carbocycles. The molecular weight excluding hydrogens is 277 g/mol. The summed E-state index contributed by atoms with van der Waals surface area (Å²) in [6, 6.07) is -0.652. The Morgan fingerprint density at radius 3 is 2.57 bits per heavy atom. The predicted octanol–water partition coefficient (Wildman–Crippen LogP) is -1.78. The van der Waals surface area contributed by atoms with Crippen molar-refractivity contribution in [3.63, 3.8) is 0 Å². The lowest BCUT2D eigenvalue weighted by Gasteiger charge is -2.25. The SMILES string of the molecule is CCC(N)C(=O)N1C[C@H](CCCB(O)O)[C@](N)(C(=O)O)C1. The average Bonchev–Trinajstić information content (AvgIpc) is 2.75. The number of aliphatic carboxylic acids is 1. The summed E-state index contributed by atoms with van der Waals surface area (Å²) in [5.41, 5.74) is 10.2. The van der Waals surface area contributed by atoms with Gasteiger partial charge in [-0.2, -0.15) is 0 Å². The molecule has 1 unspecified atom stereocenters. The van der Waals surface area contributed by atoms with Gasteiger partial charge in [0.2, 0.25) is 5.91 Å². The minimum atomic E-state index is -1.51. The van der Waals surface area contributed by atoms with Gasteiger partial charge in [-0.25, -0.2) is 0 Å². The number of rotatable bonds is 7. The van der Waals surface area contributed by atoms with Crippen molar-refractivity contribution in [1.29, 1.82) is 0 Å². The minimum absolute atomic E-state index is 0.0682. The van der Waals surface area contributed by atoms with Crippen LogP contribution >= 0.6 is 0 Å². The molecule has 0 bridgehead atoms. The molecule has 0 aliphatic carbocycles. The number of likely N-dealkylation sites (tertiary alicyclic amines) is 1. The molecular formula is C12H24BN3O5. The molecule has 1 heterocycles. The second kappa shape index (κ2) is 7.21. The van der Waals surface area contributed by atoms with Crippen LogP contribution in [-0.4, -0.2) is 63.7 Å². The molecule has 0 spiro atoms. The summed E-state index contributed by atoms with van der Waals surface area (Å²) in [5, 5.41) is 27.0. The van der Waals surface area contributed by atoms with E-state index < -0.39 is 30.6 Å². The Hall–Kier alpha value is -1.16. The predicted molar refractivity (Wildman–Crippen MR) is 77.1 cm³/mol.